The summed E-state index contributed by atoms with van der Waals surface area (Å²) in [6, 6.07) is 10.1. The molecule has 1 aliphatic rings. The number of hydrogen-bond donors (Lipinski definition) is 3. The van der Waals surface area contributed by atoms with Gasteiger partial charge in [-0.05, 0) is 73.7 Å². The Morgan fingerprint density at radius 1 is 1.17 bits per heavy atom. The molecule has 0 radical (unpaired) electrons. The third-order valence-electron chi connectivity index (χ3n) is 7.06. The van der Waals surface area contributed by atoms with Crippen LogP contribution in [0.2, 0.25) is 10.0 Å². The van der Waals surface area contributed by atoms with Crippen LogP contribution in [0.5, 0.6) is 0 Å². The summed E-state index contributed by atoms with van der Waals surface area (Å²) in [4.78, 5) is 5.77. The predicted octanol–water partition coefficient (Wildman–Crippen LogP) is 7.38. The normalized spacial score (nSPS) is 13.7. The molecule has 4 heterocycles. The fraction of sp³-hybridized carbons (Fsp3) is 0.241. The zero-order valence-corrected chi connectivity index (χ0v) is 24.5. The number of pyridine rings is 1. The third-order valence-corrected chi connectivity index (χ3v) is 8.68. The zero-order valence-electron chi connectivity index (χ0n) is 22.2. The van der Waals surface area contributed by atoms with Gasteiger partial charge in [0.05, 0.1) is 39.1 Å². The van der Waals surface area contributed by atoms with Gasteiger partial charge in [0.15, 0.2) is 0 Å². The molecule has 6 rings (SSSR count). The highest BCUT2D eigenvalue weighted by Gasteiger charge is 2.26. The average molecular weight is 608 g/mol. The fourth-order valence-electron chi connectivity index (χ4n) is 4.96. The van der Waals surface area contributed by atoms with Gasteiger partial charge in [0, 0.05) is 40.4 Å². The molecule has 1 atom stereocenters. The van der Waals surface area contributed by atoms with Crippen molar-refractivity contribution in [1.29, 1.82) is 5.26 Å². The Balaban J connectivity index is 1.46. The number of hydrogen-bond acceptors (Lipinski definition) is 8. The number of nitriles is 1. The molecule has 1 aliphatic heterocycles. The molecule has 0 aliphatic carbocycles. The summed E-state index contributed by atoms with van der Waals surface area (Å²) in [7, 11) is 0. The van der Waals surface area contributed by atoms with E-state index in [1.54, 1.807) is 17.4 Å². The highest BCUT2D eigenvalue weighted by atomic mass is 35.5. The number of rotatable bonds is 7. The number of anilines is 3. The number of fused-ring (bicyclic) bond motifs is 2. The van der Waals surface area contributed by atoms with E-state index < -0.39 is 5.82 Å². The number of nitrogens with zero attached hydrogens (tertiary/aromatic N) is 5. The summed E-state index contributed by atoms with van der Waals surface area (Å²) in [5, 5.41) is 32.3. The van der Waals surface area contributed by atoms with E-state index in [1.807, 2.05) is 23.0 Å². The molecule has 0 amide bonds. The first-order chi connectivity index (χ1) is 19.8. The van der Waals surface area contributed by atoms with Gasteiger partial charge in [-0.3, -0.25) is 4.98 Å². The average Bonchev–Trinajstić information content (AvgIpc) is 3.62. The lowest BCUT2D eigenvalue weighted by Gasteiger charge is -2.22. The van der Waals surface area contributed by atoms with Gasteiger partial charge in [0.1, 0.15) is 17.6 Å². The Morgan fingerprint density at radius 2 is 2.00 bits per heavy atom. The molecule has 5 aromatic rings. The molecular weight excluding hydrogens is 582 g/mol. The van der Waals surface area contributed by atoms with Crippen LogP contribution < -0.4 is 16.0 Å². The van der Waals surface area contributed by atoms with Crippen molar-refractivity contribution in [3.63, 3.8) is 0 Å². The molecule has 8 nitrogen and oxygen atoms in total. The van der Waals surface area contributed by atoms with Crippen LogP contribution in [0.3, 0.4) is 0 Å². The molecular formula is C29H25Cl2FN8S. The molecule has 3 N–H and O–H groups in total. The first-order valence-electron chi connectivity index (χ1n) is 13.0. The van der Waals surface area contributed by atoms with E-state index in [2.05, 4.69) is 56.5 Å². The van der Waals surface area contributed by atoms with Gasteiger partial charge in [-0.25, -0.2) is 9.07 Å². The van der Waals surface area contributed by atoms with Crippen LogP contribution in [-0.4, -0.2) is 26.5 Å². The Hall–Kier alpha value is -3.75. The van der Waals surface area contributed by atoms with Crippen LogP contribution >= 0.6 is 34.5 Å². The maximum absolute atomic E-state index is 13.8. The predicted molar refractivity (Wildman–Crippen MR) is 162 cm³/mol. The van der Waals surface area contributed by atoms with E-state index in [0.29, 0.717) is 32.9 Å². The van der Waals surface area contributed by atoms with E-state index in [1.165, 1.54) is 28.8 Å². The number of aromatic nitrogens is 4. The van der Waals surface area contributed by atoms with Gasteiger partial charge in [-0.15, -0.1) is 16.4 Å². The summed E-state index contributed by atoms with van der Waals surface area (Å²) in [5.41, 5.74) is 5.83. The maximum atomic E-state index is 13.8. The largest absolute Gasteiger partial charge is 0.373 e. The van der Waals surface area contributed by atoms with Crippen molar-refractivity contribution in [3.05, 3.63) is 91.2 Å². The molecule has 208 valence electrons. The first kappa shape index (κ1) is 27.4. The first-order valence-corrected chi connectivity index (χ1v) is 14.7. The molecule has 0 saturated carbocycles. The van der Waals surface area contributed by atoms with Gasteiger partial charge in [-0.1, -0.05) is 28.4 Å². The number of benzene rings is 2. The molecule has 0 saturated heterocycles. The smallest absolute Gasteiger partial charge is 0.141 e. The third kappa shape index (κ3) is 5.34. The lowest BCUT2D eigenvalue weighted by molar-refractivity contribution is 0.514. The standard InChI is InChI=1S/C29H25Cl2FN8S/c1-15(2)40-13-25(38-39-40)29(21-14-41-26-12-34-6-5-19(21)26)37-18-7-20-27(36-17-3-4-24(32)22(30)8-17)16(10-33)11-35-28(20)23(31)9-18/h3-4,7-9,11,13-15,29,34,37H,5-6,12H2,1-2H3,(H,35,36)/t29-/m0/s1. The van der Waals surface area contributed by atoms with E-state index in [9.17, 15) is 9.65 Å². The molecule has 0 bridgehead atoms. The molecule has 0 fully saturated rings. The highest BCUT2D eigenvalue weighted by Crippen LogP contribution is 2.39. The fourth-order valence-corrected chi connectivity index (χ4v) is 6.50. The van der Waals surface area contributed by atoms with Crippen LogP contribution in [0.15, 0.2) is 48.1 Å². The van der Waals surface area contributed by atoms with Crippen LogP contribution in [0.25, 0.3) is 10.9 Å². The molecule has 41 heavy (non-hydrogen) atoms. The second-order valence-corrected chi connectivity index (χ2v) is 11.9. The van der Waals surface area contributed by atoms with Gasteiger partial charge in [0.25, 0.3) is 0 Å². The van der Waals surface area contributed by atoms with Crippen molar-refractivity contribution in [2.45, 2.75) is 38.9 Å². The van der Waals surface area contributed by atoms with Crippen LogP contribution in [0, 0.1) is 17.1 Å². The summed E-state index contributed by atoms with van der Waals surface area (Å²) >= 11 is 14.5. The molecule has 3 aromatic heterocycles. The van der Waals surface area contributed by atoms with Gasteiger partial charge < -0.3 is 16.0 Å². The number of thiophene rings is 1. The Bertz CT molecular complexity index is 1810. The van der Waals surface area contributed by atoms with Crippen molar-refractivity contribution in [2.24, 2.45) is 0 Å². The van der Waals surface area contributed by atoms with Crippen LogP contribution in [0.1, 0.15) is 53.2 Å². The number of halogens is 3. The van der Waals surface area contributed by atoms with Crippen molar-refractivity contribution in [2.75, 3.05) is 17.2 Å². The Kier molecular flexibility index (Phi) is 7.53. The summed E-state index contributed by atoms with van der Waals surface area (Å²) in [6.07, 6.45) is 4.36. The molecule has 0 spiro atoms. The van der Waals surface area contributed by atoms with Crippen molar-refractivity contribution < 1.29 is 4.39 Å². The highest BCUT2D eigenvalue weighted by molar-refractivity contribution is 7.10. The second-order valence-electron chi connectivity index (χ2n) is 10.1. The second kappa shape index (κ2) is 11.3. The quantitative estimate of drug-likeness (QED) is 0.177. The minimum Gasteiger partial charge on any atom is -0.373 e. The van der Waals surface area contributed by atoms with Crippen molar-refractivity contribution in [3.8, 4) is 6.07 Å². The number of nitrogens with one attached hydrogen (secondary N) is 3. The zero-order chi connectivity index (χ0) is 28.7. The van der Waals surface area contributed by atoms with E-state index in [4.69, 9.17) is 23.2 Å². The maximum Gasteiger partial charge on any atom is 0.141 e. The lowest BCUT2D eigenvalue weighted by Crippen LogP contribution is -2.24. The molecule has 2 aromatic carbocycles. The Morgan fingerprint density at radius 3 is 2.76 bits per heavy atom. The van der Waals surface area contributed by atoms with E-state index in [-0.39, 0.29) is 17.1 Å². The Labute approximate surface area is 250 Å². The summed E-state index contributed by atoms with van der Waals surface area (Å²) in [5.74, 6) is -0.529. The summed E-state index contributed by atoms with van der Waals surface area (Å²) < 4.78 is 15.7. The van der Waals surface area contributed by atoms with Gasteiger partial charge >= 0.3 is 0 Å². The van der Waals surface area contributed by atoms with E-state index in [0.717, 1.165) is 36.5 Å². The minimum absolute atomic E-state index is 0.0289. The minimum atomic E-state index is -0.529. The lowest BCUT2D eigenvalue weighted by atomic mass is 9.97. The molecule has 12 heteroatoms. The molecule has 0 unspecified atom stereocenters. The van der Waals surface area contributed by atoms with Crippen LogP contribution in [-0.2, 0) is 13.0 Å². The topological polar surface area (TPSA) is 103 Å². The SMILES string of the molecule is CC(C)n1cc([C@@H](Nc2cc(Cl)c3ncc(C#N)c(Nc4ccc(F)c(Cl)c4)c3c2)c2csc3c2CCNC3)nn1. The van der Waals surface area contributed by atoms with E-state index >= 15 is 0 Å². The van der Waals surface area contributed by atoms with Crippen molar-refractivity contribution >= 4 is 62.5 Å². The van der Waals surface area contributed by atoms with Crippen LogP contribution in [0.4, 0.5) is 21.5 Å². The van der Waals surface area contributed by atoms with Gasteiger partial charge in [-0.2, -0.15) is 5.26 Å². The van der Waals surface area contributed by atoms with Gasteiger partial charge in [0.2, 0.25) is 0 Å². The van der Waals surface area contributed by atoms with Crippen molar-refractivity contribution in [1.82, 2.24) is 25.3 Å². The monoisotopic (exact) mass is 606 g/mol. The summed E-state index contributed by atoms with van der Waals surface area (Å²) in [6.45, 7) is 5.88.